The number of H-pyrrole nitrogens is 2. The second-order valence-electron chi connectivity index (χ2n) is 6.50. The lowest BCUT2D eigenvalue weighted by Gasteiger charge is -2.16. The number of imidazole rings is 1. The number of aromatic amines is 2. The first-order valence-corrected chi connectivity index (χ1v) is 7.99. The van der Waals surface area contributed by atoms with Gasteiger partial charge in [0, 0.05) is 36.6 Å². The van der Waals surface area contributed by atoms with Crippen LogP contribution in [0, 0.1) is 6.92 Å². The predicted molar refractivity (Wildman–Crippen MR) is 87.7 cm³/mol. The monoisotopic (exact) mass is 314 g/mol. The minimum atomic E-state index is -0.307. The maximum absolute atomic E-state index is 12.6. The number of likely N-dealkylation sites (tertiary alicyclic amines) is 1. The molecule has 1 atom stereocenters. The minimum Gasteiger partial charge on any atom is -0.346 e. The van der Waals surface area contributed by atoms with Crippen LogP contribution in [0.15, 0.2) is 23.1 Å². The van der Waals surface area contributed by atoms with Crippen molar-refractivity contribution in [2.45, 2.75) is 39.0 Å². The molecule has 1 fully saturated rings. The SMILES string of the molecule is Cc1cnc(C2CCN(C(=O)c3ccc(C(C)C)[nH]c3=O)C2)[nH]1. The third-order valence-corrected chi connectivity index (χ3v) is 4.37. The number of carbonyl (C=O) groups excluding carboxylic acids is 1. The van der Waals surface area contributed by atoms with Crippen LogP contribution in [0.5, 0.6) is 0 Å². The number of rotatable bonds is 3. The van der Waals surface area contributed by atoms with Crippen LogP contribution < -0.4 is 5.56 Å². The Morgan fingerprint density at radius 3 is 2.74 bits per heavy atom. The summed E-state index contributed by atoms with van der Waals surface area (Å²) in [6.07, 6.45) is 2.66. The Hall–Kier alpha value is -2.37. The van der Waals surface area contributed by atoms with Crippen molar-refractivity contribution in [2.75, 3.05) is 13.1 Å². The van der Waals surface area contributed by atoms with Gasteiger partial charge in [0.15, 0.2) is 0 Å². The number of hydrogen-bond acceptors (Lipinski definition) is 3. The molecular weight excluding hydrogens is 292 g/mol. The number of amides is 1. The Morgan fingerprint density at radius 1 is 1.35 bits per heavy atom. The van der Waals surface area contributed by atoms with Gasteiger partial charge in [0.25, 0.3) is 11.5 Å². The Morgan fingerprint density at radius 2 is 2.13 bits per heavy atom. The summed E-state index contributed by atoms with van der Waals surface area (Å²) < 4.78 is 0. The predicted octanol–water partition coefficient (Wildman–Crippen LogP) is 2.16. The molecule has 6 heteroatoms. The zero-order chi connectivity index (χ0) is 16.6. The lowest BCUT2D eigenvalue weighted by Crippen LogP contribution is -2.33. The van der Waals surface area contributed by atoms with Crippen molar-refractivity contribution in [1.29, 1.82) is 0 Å². The van der Waals surface area contributed by atoms with E-state index in [1.807, 2.05) is 26.8 Å². The molecule has 0 saturated carbocycles. The summed E-state index contributed by atoms with van der Waals surface area (Å²) in [5.74, 6) is 1.15. The molecule has 0 aromatic carbocycles. The average Bonchev–Trinajstić information content (AvgIpc) is 3.15. The molecule has 122 valence electrons. The number of carbonyl (C=O) groups is 1. The molecule has 1 saturated heterocycles. The van der Waals surface area contributed by atoms with E-state index in [0.717, 1.165) is 23.6 Å². The maximum atomic E-state index is 12.6. The highest BCUT2D eigenvalue weighted by atomic mass is 16.2. The van der Waals surface area contributed by atoms with E-state index in [0.29, 0.717) is 13.1 Å². The van der Waals surface area contributed by atoms with E-state index < -0.39 is 0 Å². The van der Waals surface area contributed by atoms with Crippen molar-refractivity contribution >= 4 is 5.91 Å². The van der Waals surface area contributed by atoms with Crippen LogP contribution in [-0.4, -0.2) is 38.8 Å². The Balaban J connectivity index is 1.75. The van der Waals surface area contributed by atoms with Gasteiger partial charge in [-0.3, -0.25) is 9.59 Å². The molecule has 2 aromatic rings. The second-order valence-corrected chi connectivity index (χ2v) is 6.50. The van der Waals surface area contributed by atoms with Crippen LogP contribution in [0.25, 0.3) is 0 Å². The summed E-state index contributed by atoms with van der Waals surface area (Å²) in [7, 11) is 0. The third-order valence-electron chi connectivity index (χ3n) is 4.37. The van der Waals surface area contributed by atoms with Gasteiger partial charge in [0.05, 0.1) is 0 Å². The number of hydrogen-bond donors (Lipinski definition) is 2. The van der Waals surface area contributed by atoms with Crippen molar-refractivity contribution in [1.82, 2.24) is 19.9 Å². The molecule has 1 amide bonds. The summed E-state index contributed by atoms with van der Waals surface area (Å²) in [4.78, 5) is 36.9. The van der Waals surface area contributed by atoms with Crippen LogP contribution in [0.4, 0.5) is 0 Å². The molecule has 23 heavy (non-hydrogen) atoms. The van der Waals surface area contributed by atoms with Crippen LogP contribution >= 0.6 is 0 Å². The van der Waals surface area contributed by atoms with Crippen molar-refractivity contribution in [3.05, 3.63) is 51.5 Å². The Kier molecular flexibility index (Phi) is 4.07. The van der Waals surface area contributed by atoms with Crippen LogP contribution in [0.1, 0.15) is 59.7 Å². The van der Waals surface area contributed by atoms with Gasteiger partial charge in [-0.05, 0) is 31.4 Å². The van der Waals surface area contributed by atoms with Gasteiger partial charge in [-0.2, -0.15) is 0 Å². The first kappa shape index (κ1) is 15.5. The molecule has 0 bridgehead atoms. The van der Waals surface area contributed by atoms with Crippen LogP contribution in [-0.2, 0) is 0 Å². The van der Waals surface area contributed by atoms with E-state index in [2.05, 4.69) is 15.0 Å². The molecular formula is C17H22N4O2. The Labute approximate surface area is 134 Å². The van der Waals surface area contributed by atoms with Gasteiger partial charge in [-0.15, -0.1) is 0 Å². The number of nitrogens with one attached hydrogen (secondary N) is 2. The summed E-state index contributed by atoms with van der Waals surface area (Å²) in [6, 6.07) is 3.46. The third kappa shape index (κ3) is 3.06. The van der Waals surface area contributed by atoms with Gasteiger partial charge in [0.2, 0.25) is 0 Å². The molecule has 2 N–H and O–H groups in total. The van der Waals surface area contributed by atoms with Gasteiger partial charge >= 0.3 is 0 Å². The van der Waals surface area contributed by atoms with E-state index >= 15 is 0 Å². The fourth-order valence-electron chi connectivity index (χ4n) is 2.97. The van der Waals surface area contributed by atoms with Gasteiger partial charge in [-0.1, -0.05) is 13.8 Å². The largest absolute Gasteiger partial charge is 0.346 e. The van der Waals surface area contributed by atoms with Crippen molar-refractivity contribution in [3.8, 4) is 0 Å². The van der Waals surface area contributed by atoms with Gasteiger partial charge in [0.1, 0.15) is 11.4 Å². The second kappa shape index (κ2) is 6.02. The summed E-state index contributed by atoms with van der Waals surface area (Å²) in [6.45, 7) is 7.21. The van der Waals surface area contributed by atoms with E-state index in [1.165, 1.54) is 0 Å². The van der Waals surface area contributed by atoms with E-state index in [9.17, 15) is 9.59 Å². The summed E-state index contributed by atoms with van der Waals surface area (Å²) in [5, 5.41) is 0. The molecule has 3 rings (SSSR count). The quantitative estimate of drug-likeness (QED) is 0.911. The molecule has 2 aromatic heterocycles. The molecule has 1 aliphatic rings. The first-order valence-electron chi connectivity index (χ1n) is 7.99. The van der Waals surface area contributed by atoms with Crippen LogP contribution in [0.3, 0.4) is 0 Å². The normalized spacial score (nSPS) is 17.9. The standard InChI is InChI=1S/C17H22N4O2/c1-10(2)14-5-4-13(16(22)20-14)17(23)21-7-6-12(9-21)15-18-8-11(3)19-15/h4-5,8,10,12H,6-7,9H2,1-3H3,(H,18,19)(H,20,22). The zero-order valence-corrected chi connectivity index (χ0v) is 13.7. The van der Waals surface area contributed by atoms with Crippen molar-refractivity contribution < 1.29 is 4.79 Å². The van der Waals surface area contributed by atoms with Crippen molar-refractivity contribution in [3.63, 3.8) is 0 Å². The van der Waals surface area contributed by atoms with Crippen molar-refractivity contribution in [2.24, 2.45) is 0 Å². The van der Waals surface area contributed by atoms with E-state index in [-0.39, 0.29) is 28.9 Å². The highest BCUT2D eigenvalue weighted by molar-refractivity contribution is 5.94. The van der Waals surface area contributed by atoms with Gasteiger partial charge in [-0.25, -0.2) is 4.98 Å². The number of pyridine rings is 1. The topological polar surface area (TPSA) is 81.8 Å². The molecule has 0 spiro atoms. The molecule has 3 heterocycles. The average molecular weight is 314 g/mol. The minimum absolute atomic E-state index is 0.202. The van der Waals surface area contributed by atoms with E-state index in [4.69, 9.17) is 0 Å². The fourth-order valence-corrected chi connectivity index (χ4v) is 2.97. The van der Waals surface area contributed by atoms with E-state index in [1.54, 1.807) is 17.2 Å². The highest BCUT2D eigenvalue weighted by Gasteiger charge is 2.30. The number of nitrogens with zero attached hydrogens (tertiary/aromatic N) is 2. The first-order chi connectivity index (χ1) is 11.0. The molecule has 1 unspecified atom stereocenters. The molecule has 1 aliphatic heterocycles. The molecule has 0 aliphatic carbocycles. The number of aromatic nitrogens is 3. The number of aryl methyl sites for hydroxylation is 1. The molecule has 0 radical (unpaired) electrons. The Bertz CT molecular complexity index is 775. The lowest BCUT2D eigenvalue weighted by molar-refractivity contribution is 0.0788. The smallest absolute Gasteiger partial charge is 0.261 e. The summed E-state index contributed by atoms with van der Waals surface area (Å²) >= 11 is 0. The van der Waals surface area contributed by atoms with Gasteiger partial charge < -0.3 is 14.9 Å². The fraction of sp³-hybridized carbons (Fsp3) is 0.471. The highest BCUT2D eigenvalue weighted by Crippen LogP contribution is 2.25. The summed E-state index contributed by atoms with van der Waals surface area (Å²) in [5.41, 5.74) is 1.77. The zero-order valence-electron chi connectivity index (χ0n) is 13.7. The van der Waals surface area contributed by atoms with Crippen LogP contribution in [0.2, 0.25) is 0 Å². The maximum Gasteiger partial charge on any atom is 0.261 e. The lowest BCUT2D eigenvalue weighted by atomic mass is 10.1. The molecule has 6 nitrogen and oxygen atoms in total.